The summed E-state index contributed by atoms with van der Waals surface area (Å²) < 4.78 is 0. The number of aromatic nitrogens is 8. The van der Waals surface area contributed by atoms with E-state index in [1.807, 2.05) is 9.97 Å². The van der Waals surface area contributed by atoms with Crippen molar-refractivity contribution in [3.63, 3.8) is 0 Å². The Kier molecular flexibility index (Phi) is 3.25. The quantitative estimate of drug-likeness (QED) is 0.165. The minimum absolute atomic E-state index is 0.0948. The van der Waals surface area contributed by atoms with E-state index in [-0.39, 0.29) is 34.2 Å². The first-order valence-corrected chi connectivity index (χ1v) is 6.29. The van der Waals surface area contributed by atoms with E-state index in [9.17, 15) is 19.2 Å². The molecule has 4 heterocycles. The fourth-order valence-electron chi connectivity index (χ4n) is 1.90. The second kappa shape index (κ2) is 5.27. The molecule has 10 N–H and O–H groups in total. The lowest BCUT2D eigenvalue weighted by Crippen LogP contribution is -2.21. The van der Waals surface area contributed by atoms with Crippen molar-refractivity contribution in [1.82, 2.24) is 39.9 Å². The van der Waals surface area contributed by atoms with Crippen LogP contribution in [-0.4, -0.2) is 39.9 Å². The van der Waals surface area contributed by atoms with Gasteiger partial charge in [-0.2, -0.15) is 9.97 Å². The van der Waals surface area contributed by atoms with Crippen LogP contribution in [0.4, 0.5) is 11.9 Å². The summed E-state index contributed by atoms with van der Waals surface area (Å²) in [5.74, 6) is 0.190. The van der Waals surface area contributed by atoms with Gasteiger partial charge >= 0.3 is 11.4 Å². The Hall–Kier alpha value is -4.10. The molecule has 4 rings (SSSR count). The summed E-state index contributed by atoms with van der Waals surface area (Å²) in [6.45, 7) is 0. The number of nitrogens with two attached hydrogens (primary N) is 2. The predicted octanol–water partition coefficient (Wildman–Crippen LogP) is -2.96. The molecule has 0 spiro atoms. The number of nitrogens with zero attached hydrogens (tertiary/aromatic N) is 2. The number of nitrogens with one attached hydrogen (secondary N) is 6. The predicted molar refractivity (Wildman–Crippen MR) is 83.5 cm³/mol. The third-order valence-electron chi connectivity index (χ3n) is 2.82. The SMILES string of the molecule is Nc1nc2[nH]c(=O)[nH]c(=O)c2[nH]1.Nc1nc2[nH]c(=O)[nH]c(=O)c2[nH]1. The normalized spacial score (nSPS) is 10.7. The number of fused-ring (bicyclic) bond motifs is 2. The Morgan fingerprint density at radius 1 is 0.583 bits per heavy atom. The van der Waals surface area contributed by atoms with E-state index in [0.29, 0.717) is 0 Å². The Balaban J connectivity index is 0.000000141. The smallest absolute Gasteiger partial charge is 0.327 e. The Morgan fingerprint density at radius 3 is 1.33 bits per heavy atom. The largest absolute Gasteiger partial charge is 0.369 e. The van der Waals surface area contributed by atoms with Gasteiger partial charge in [-0.3, -0.25) is 29.5 Å². The summed E-state index contributed by atoms with van der Waals surface area (Å²) in [6, 6.07) is 0. The summed E-state index contributed by atoms with van der Waals surface area (Å²) in [5.41, 5.74) is 8.96. The second-order valence-corrected chi connectivity index (χ2v) is 4.51. The number of hydrogen-bond donors (Lipinski definition) is 8. The summed E-state index contributed by atoms with van der Waals surface area (Å²) in [7, 11) is 0. The minimum atomic E-state index is -0.598. The molecule has 0 unspecified atom stereocenters. The van der Waals surface area contributed by atoms with Gasteiger partial charge in [-0.25, -0.2) is 9.59 Å². The van der Waals surface area contributed by atoms with Gasteiger partial charge in [0.05, 0.1) is 0 Å². The highest BCUT2D eigenvalue weighted by atomic mass is 16.2. The zero-order chi connectivity index (χ0) is 17.4. The van der Waals surface area contributed by atoms with Crippen molar-refractivity contribution in [1.29, 1.82) is 0 Å². The van der Waals surface area contributed by atoms with Crippen LogP contribution in [0.1, 0.15) is 0 Å². The molecule has 0 radical (unpaired) electrons. The molecular weight excluding hydrogens is 324 g/mol. The van der Waals surface area contributed by atoms with E-state index in [1.165, 1.54) is 0 Å². The molecule has 0 atom stereocenters. The summed E-state index contributed by atoms with van der Waals surface area (Å²) >= 11 is 0. The maximum absolute atomic E-state index is 11.0. The third kappa shape index (κ3) is 2.65. The first kappa shape index (κ1) is 14.8. The fraction of sp³-hybridized carbons (Fsp3) is 0. The average Bonchev–Trinajstić information content (AvgIpc) is 3.01. The van der Waals surface area contributed by atoms with Crippen molar-refractivity contribution >= 4 is 34.2 Å². The minimum Gasteiger partial charge on any atom is -0.369 e. The molecule has 0 saturated carbocycles. The number of anilines is 2. The lowest BCUT2D eigenvalue weighted by atomic mass is 10.5. The molecule has 0 bridgehead atoms. The van der Waals surface area contributed by atoms with Gasteiger partial charge in [0, 0.05) is 0 Å². The highest BCUT2D eigenvalue weighted by Crippen LogP contribution is 2.01. The number of nitrogen functional groups attached to an aromatic ring is 2. The highest BCUT2D eigenvalue weighted by Gasteiger charge is 2.04. The maximum Gasteiger partial charge on any atom is 0.327 e. The van der Waals surface area contributed by atoms with Gasteiger partial charge in [0.15, 0.2) is 34.2 Å². The zero-order valence-electron chi connectivity index (χ0n) is 11.7. The molecule has 0 aliphatic carbocycles. The molecule has 4 aromatic rings. The van der Waals surface area contributed by atoms with E-state index in [1.54, 1.807) is 0 Å². The number of aromatic amines is 6. The Bertz CT molecular complexity index is 1160. The van der Waals surface area contributed by atoms with Crippen LogP contribution in [0.15, 0.2) is 19.2 Å². The molecule has 14 nitrogen and oxygen atoms in total. The van der Waals surface area contributed by atoms with E-state index in [2.05, 4.69) is 29.9 Å². The number of hydrogen-bond acceptors (Lipinski definition) is 8. The molecule has 4 aromatic heterocycles. The Labute approximate surface area is 128 Å². The van der Waals surface area contributed by atoms with Crippen molar-refractivity contribution in [3.05, 3.63) is 41.7 Å². The molecule has 0 aromatic carbocycles. The van der Waals surface area contributed by atoms with Crippen LogP contribution in [0.3, 0.4) is 0 Å². The van der Waals surface area contributed by atoms with Crippen LogP contribution in [0, 0.1) is 0 Å². The van der Waals surface area contributed by atoms with Crippen LogP contribution in [0.25, 0.3) is 22.3 Å². The fourth-order valence-corrected chi connectivity index (χ4v) is 1.90. The van der Waals surface area contributed by atoms with Crippen molar-refractivity contribution < 1.29 is 0 Å². The molecule has 14 heteroatoms. The van der Waals surface area contributed by atoms with Crippen LogP contribution >= 0.6 is 0 Å². The first-order valence-electron chi connectivity index (χ1n) is 6.29. The van der Waals surface area contributed by atoms with Crippen LogP contribution in [0.2, 0.25) is 0 Å². The zero-order valence-corrected chi connectivity index (χ0v) is 11.7. The monoisotopic (exact) mass is 334 g/mol. The topological polar surface area (TPSA) is 241 Å². The van der Waals surface area contributed by atoms with Crippen molar-refractivity contribution in [2.45, 2.75) is 0 Å². The summed E-state index contributed by atoms with van der Waals surface area (Å²) in [5, 5.41) is 0. The summed E-state index contributed by atoms with van der Waals surface area (Å²) in [6.07, 6.45) is 0. The molecule has 0 fully saturated rings. The molecule has 0 aliphatic heterocycles. The van der Waals surface area contributed by atoms with Crippen molar-refractivity contribution in [2.24, 2.45) is 0 Å². The summed E-state index contributed by atoms with van der Waals surface area (Å²) in [4.78, 5) is 64.5. The lowest BCUT2D eigenvalue weighted by molar-refractivity contribution is 1.07. The van der Waals surface area contributed by atoms with E-state index < -0.39 is 22.5 Å². The Morgan fingerprint density at radius 2 is 0.958 bits per heavy atom. The molecule has 124 valence electrons. The number of rotatable bonds is 0. The van der Waals surface area contributed by atoms with Crippen LogP contribution < -0.4 is 34.0 Å². The van der Waals surface area contributed by atoms with Crippen LogP contribution in [0.5, 0.6) is 0 Å². The second-order valence-electron chi connectivity index (χ2n) is 4.51. The molecule has 0 amide bonds. The standard InChI is InChI=1S/2C5H5N5O2/c2*6-4-7-1-2(8-4)9-5(12)10-3(1)11/h2*(H5,6,7,8,9,10,11,12). The van der Waals surface area contributed by atoms with Crippen molar-refractivity contribution in [2.75, 3.05) is 11.5 Å². The van der Waals surface area contributed by atoms with E-state index >= 15 is 0 Å². The van der Waals surface area contributed by atoms with E-state index in [0.717, 1.165) is 0 Å². The van der Waals surface area contributed by atoms with Crippen molar-refractivity contribution in [3.8, 4) is 0 Å². The van der Waals surface area contributed by atoms with Gasteiger partial charge in [-0.05, 0) is 0 Å². The van der Waals surface area contributed by atoms with Gasteiger partial charge < -0.3 is 21.4 Å². The lowest BCUT2D eigenvalue weighted by Gasteiger charge is -1.83. The van der Waals surface area contributed by atoms with Gasteiger partial charge in [0.1, 0.15) is 0 Å². The third-order valence-corrected chi connectivity index (χ3v) is 2.82. The van der Waals surface area contributed by atoms with Crippen LogP contribution in [-0.2, 0) is 0 Å². The number of H-pyrrole nitrogens is 6. The molecule has 24 heavy (non-hydrogen) atoms. The van der Waals surface area contributed by atoms with Gasteiger partial charge in [0.25, 0.3) is 11.1 Å². The molecular formula is C10H10N10O4. The van der Waals surface area contributed by atoms with Gasteiger partial charge in [-0.1, -0.05) is 0 Å². The average molecular weight is 334 g/mol. The van der Waals surface area contributed by atoms with Gasteiger partial charge in [0.2, 0.25) is 0 Å². The number of imidazole rings is 2. The maximum atomic E-state index is 11.0. The van der Waals surface area contributed by atoms with E-state index in [4.69, 9.17) is 11.5 Å². The first-order chi connectivity index (χ1) is 11.3. The van der Waals surface area contributed by atoms with Gasteiger partial charge in [-0.15, -0.1) is 0 Å². The highest BCUT2D eigenvalue weighted by molar-refractivity contribution is 5.71. The molecule has 0 aliphatic rings. The molecule has 0 saturated heterocycles.